The molecule has 0 spiro atoms. The molecule has 0 fully saturated rings. The van der Waals surface area contributed by atoms with Crippen molar-refractivity contribution in [3.63, 3.8) is 0 Å². The second kappa shape index (κ2) is 21.2. The Morgan fingerprint density at radius 2 is 1.75 bits per heavy atom. The largest absolute Gasteiger partial charge is 0.458 e. The zero-order chi connectivity index (χ0) is 20.6. The van der Waals surface area contributed by atoms with E-state index in [1.807, 2.05) is 0 Å². The Bertz CT molecular complexity index is 364. The molecular formula is C21H51NO4Si2. The van der Waals surface area contributed by atoms with E-state index >= 15 is 0 Å². The van der Waals surface area contributed by atoms with Gasteiger partial charge in [0.05, 0.1) is 12.7 Å². The number of aliphatic hydroxyl groups is 1. The van der Waals surface area contributed by atoms with Crippen molar-refractivity contribution in [1.29, 1.82) is 0 Å². The molecule has 0 aromatic rings. The Labute approximate surface area is 179 Å². The molecule has 1 N–H and O–H groups in total. The van der Waals surface area contributed by atoms with Gasteiger partial charge in [0.15, 0.2) is 17.4 Å². The summed E-state index contributed by atoms with van der Waals surface area (Å²) in [5.74, 6) is -0.197. The number of amides is 1. The van der Waals surface area contributed by atoms with Gasteiger partial charge in [-0.1, -0.05) is 54.5 Å². The van der Waals surface area contributed by atoms with Crippen molar-refractivity contribution in [1.82, 2.24) is 4.90 Å². The maximum absolute atomic E-state index is 11.3. The molecule has 0 aliphatic rings. The summed E-state index contributed by atoms with van der Waals surface area (Å²) in [4.78, 5) is 12.7. The molecule has 0 saturated heterocycles. The van der Waals surface area contributed by atoms with E-state index in [2.05, 4.69) is 46.6 Å². The van der Waals surface area contributed by atoms with Gasteiger partial charge in [-0.2, -0.15) is 0 Å². The number of rotatable bonds is 13. The molecule has 28 heavy (non-hydrogen) atoms. The van der Waals surface area contributed by atoms with Gasteiger partial charge in [0.25, 0.3) is 0 Å². The maximum atomic E-state index is 11.3. The summed E-state index contributed by atoms with van der Waals surface area (Å²) in [6.07, 6.45) is 5.60. The van der Waals surface area contributed by atoms with Crippen molar-refractivity contribution >= 4 is 23.3 Å². The van der Waals surface area contributed by atoms with Gasteiger partial charge < -0.3 is 18.9 Å². The topological polar surface area (TPSA) is 59.0 Å². The van der Waals surface area contributed by atoms with Crippen molar-refractivity contribution in [2.24, 2.45) is 0 Å². The number of carbonyl (C=O) groups is 1. The Balaban J connectivity index is -0.000000364. The average Bonchev–Trinajstić information content (AvgIpc) is 2.53. The first-order chi connectivity index (χ1) is 12.1. The van der Waals surface area contributed by atoms with E-state index < -0.39 is 23.5 Å². The van der Waals surface area contributed by atoms with Crippen LogP contribution in [0.5, 0.6) is 0 Å². The van der Waals surface area contributed by atoms with Gasteiger partial charge in [-0.3, -0.25) is 4.79 Å². The van der Waals surface area contributed by atoms with Crippen molar-refractivity contribution in [2.75, 3.05) is 26.8 Å². The van der Waals surface area contributed by atoms with Gasteiger partial charge in [0, 0.05) is 20.2 Å². The van der Waals surface area contributed by atoms with Gasteiger partial charge in [-0.15, -0.1) is 0 Å². The highest BCUT2D eigenvalue weighted by molar-refractivity contribution is 6.77. The Morgan fingerprint density at radius 1 is 1.21 bits per heavy atom. The lowest BCUT2D eigenvalue weighted by molar-refractivity contribution is -0.126. The minimum Gasteiger partial charge on any atom is -0.458 e. The lowest BCUT2D eigenvalue weighted by Crippen LogP contribution is -2.36. The number of hydrogen-bond donors (Lipinski definition) is 1. The molecule has 172 valence electrons. The number of likely N-dealkylation sites (N-methyl/N-ethyl adjacent to an activating group) is 1. The number of unbranched alkanes of at least 4 members (excludes halogenated alkanes) is 2. The Morgan fingerprint density at radius 3 is 2.14 bits per heavy atom. The zero-order valence-corrected chi connectivity index (χ0v) is 20.4. The minimum absolute atomic E-state index is 0. The Kier molecular flexibility index (Phi) is 26.5. The number of nitrogens with zero attached hydrogens (tertiary/aromatic N) is 1. The zero-order valence-electron chi connectivity index (χ0n) is 18.2. The standard InChI is InChI=1S/C14H31NO4Si2.C5H12.2CH4/c1-7-14(17)15(2)11-13(16)12-18-9-8-10-21(5,6)19-20(3)4;1-3-5-4-2;;/h7,13,16,20H,1,8-12H2,2-6H3;3-5H2,1-2H3;2*1H4. The molecule has 1 unspecified atom stereocenters. The van der Waals surface area contributed by atoms with Crippen molar-refractivity contribution in [3.05, 3.63) is 12.7 Å². The van der Waals surface area contributed by atoms with Crippen LogP contribution in [0, 0.1) is 0 Å². The molecule has 1 atom stereocenters. The molecule has 0 aromatic heterocycles. The molecule has 0 aliphatic carbocycles. The van der Waals surface area contributed by atoms with Crippen LogP contribution in [-0.4, -0.2) is 66.2 Å². The van der Waals surface area contributed by atoms with Crippen LogP contribution in [0.25, 0.3) is 0 Å². The van der Waals surface area contributed by atoms with Crippen molar-refractivity contribution in [2.45, 2.75) is 92.7 Å². The first kappa shape index (κ1) is 35.0. The van der Waals surface area contributed by atoms with Crippen molar-refractivity contribution < 1.29 is 18.8 Å². The molecule has 7 heteroatoms. The molecule has 5 nitrogen and oxygen atoms in total. The fraction of sp³-hybridized carbons (Fsp3) is 0.857. The highest BCUT2D eigenvalue weighted by Crippen LogP contribution is 2.15. The highest BCUT2D eigenvalue weighted by atomic mass is 28.4. The van der Waals surface area contributed by atoms with Gasteiger partial charge in [0.1, 0.15) is 0 Å². The predicted molar refractivity (Wildman–Crippen MR) is 130 cm³/mol. The second-order valence-electron chi connectivity index (χ2n) is 7.54. The number of aliphatic hydroxyl groups excluding tert-OH is 1. The third-order valence-electron chi connectivity index (χ3n) is 3.68. The summed E-state index contributed by atoms with van der Waals surface area (Å²) < 4.78 is 11.6. The average molecular weight is 438 g/mol. The van der Waals surface area contributed by atoms with Crippen LogP contribution >= 0.6 is 0 Å². The molecule has 0 aromatic carbocycles. The van der Waals surface area contributed by atoms with Crippen LogP contribution < -0.4 is 0 Å². The Hall–Kier alpha value is -0.476. The van der Waals surface area contributed by atoms with E-state index in [0.29, 0.717) is 6.61 Å². The lowest BCUT2D eigenvalue weighted by atomic mass is 10.3. The quantitative estimate of drug-likeness (QED) is 0.248. The van der Waals surface area contributed by atoms with Crippen LogP contribution in [0.4, 0.5) is 0 Å². The van der Waals surface area contributed by atoms with Gasteiger partial charge in [-0.25, -0.2) is 0 Å². The fourth-order valence-corrected chi connectivity index (χ4v) is 9.06. The van der Waals surface area contributed by atoms with Crippen molar-refractivity contribution in [3.8, 4) is 0 Å². The third kappa shape index (κ3) is 23.6. The minimum atomic E-state index is -1.53. The summed E-state index contributed by atoms with van der Waals surface area (Å²) in [7, 11) is -0.866. The monoisotopic (exact) mass is 437 g/mol. The van der Waals surface area contributed by atoms with Crippen LogP contribution in [0.1, 0.15) is 54.4 Å². The number of ether oxygens (including phenoxy) is 1. The van der Waals surface area contributed by atoms with Crippen LogP contribution in [0.15, 0.2) is 12.7 Å². The van der Waals surface area contributed by atoms with Gasteiger partial charge in [0.2, 0.25) is 5.91 Å². The summed E-state index contributed by atoms with van der Waals surface area (Å²) in [6.45, 7) is 17.8. The summed E-state index contributed by atoms with van der Waals surface area (Å²) in [5, 5.41) is 9.78. The molecule has 0 saturated carbocycles. The predicted octanol–water partition coefficient (Wildman–Crippen LogP) is 5.07. The lowest BCUT2D eigenvalue weighted by Gasteiger charge is -2.25. The maximum Gasteiger partial charge on any atom is 0.245 e. The van der Waals surface area contributed by atoms with E-state index in [9.17, 15) is 9.90 Å². The van der Waals surface area contributed by atoms with E-state index in [1.165, 1.54) is 30.2 Å². The first-order valence-corrected chi connectivity index (χ1v) is 15.8. The highest BCUT2D eigenvalue weighted by Gasteiger charge is 2.22. The number of hydrogen-bond acceptors (Lipinski definition) is 4. The molecule has 0 rings (SSSR count). The van der Waals surface area contributed by atoms with Gasteiger partial charge in [-0.05, 0) is 44.7 Å². The normalized spacial score (nSPS) is 11.5. The van der Waals surface area contributed by atoms with E-state index in [4.69, 9.17) is 8.85 Å². The number of carbonyl (C=O) groups excluding carboxylic acids is 1. The van der Waals surface area contributed by atoms with E-state index in [0.717, 1.165) is 12.5 Å². The third-order valence-corrected chi connectivity index (χ3v) is 9.67. The fourth-order valence-electron chi connectivity index (χ4n) is 2.48. The summed E-state index contributed by atoms with van der Waals surface area (Å²) in [6, 6.07) is 1.07. The molecular weight excluding hydrogens is 386 g/mol. The summed E-state index contributed by atoms with van der Waals surface area (Å²) in [5.41, 5.74) is 0. The summed E-state index contributed by atoms with van der Waals surface area (Å²) >= 11 is 0. The second-order valence-corrected chi connectivity index (χ2v) is 14.6. The molecule has 0 bridgehead atoms. The molecule has 1 amide bonds. The van der Waals surface area contributed by atoms with Crippen LogP contribution in [0.3, 0.4) is 0 Å². The first-order valence-electron chi connectivity index (χ1n) is 9.90. The van der Waals surface area contributed by atoms with Gasteiger partial charge >= 0.3 is 0 Å². The molecule has 0 radical (unpaired) electrons. The molecule has 0 aliphatic heterocycles. The molecule has 0 heterocycles. The van der Waals surface area contributed by atoms with Crippen LogP contribution in [0.2, 0.25) is 32.2 Å². The van der Waals surface area contributed by atoms with Crippen LogP contribution in [-0.2, 0) is 13.6 Å². The smallest absolute Gasteiger partial charge is 0.245 e. The van der Waals surface area contributed by atoms with E-state index in [1.54, 1.807) is 7.05 Å². The SMILES string of the molecule is C.C.C=CC(=O)N(C)CC(O)COCCC[Si](C)(C)O[SiH](C)C.CCCCC. The van der Waals surface area contributed by atoms with E-state index in [-0.39, 0.29) is 33.9 Å².